The van der Waals surface area contributed by atoms with Crippen molar-refractivity contribution in [1.29, 1.82) is 0 Å². The van der Waals surface area contributed by atoms with Crippen molar-refractivity contribution >= 4 is 11.7 Å². The Bertz CT molecular complexity index is 986. The molecule has 2 N–H and O–H groups in total. The normalized spacial score (nSPS) is 16.5. The Labute approximate surface area is 168 Å². The first-order valence-electron chi connectivity index (χ1n) is 9.63. The molecular formula is C22H23FN4O2. The summed E-state index contributed by atoms with van der Waals surface area (Å²) in [7, 11) is 1.58. The third-order valence-electron chi connectivity index (χ3n) is 5.13. The lowest BCUT2D eigenvalue weighted by atomic mass is 10.0. The number of piperidine rings is 1. The number of rotatable bonds is 5. The summed E-state index contributed by atoms with van der Waals surface area (Å²) in [5, 5.41) is 10.5. The number of methoxy groups -OCH3 is 1. The molecule has 2 aromatic carbocycles. The first kappa shape index (κ1) is 19.0. The monoisotopic (exact) mass is 394 g/mol. The number of nitrogens with one attached hydrogen (secondary N) is 2. The second kappa shape index (κ2) is 8.34. The quantitative estimate of drug-likeness (QED) is 0.693. The van der Waals surface area contributed by atoms with Gasteiger partial charge in [-0.15, -0.1) is 0 Å². The molecule has 0 aliphatic carbocycles. The smallest absolute Gasteiger partial charge is 0.251 e. The van der Waals surface area contributed by atoms with Crippen LogP contribution in [-0.4, -0.2) is 42.3 Å². The number of nitrogens with zero attached hydrogens (tertiary/aromatic N) is 2. The van der Waals surface area contributed by atoms with Gasteiger partial charge in [0.05, 0.1) is 12.8 Å². The van der Waals surface area contributed by atoms with Gasteiger partial charge in [-0.3, -0.25) is 9.89 Å². The Kier molecular flexibility index (Phi) is 5.46. The molecule has 29 heavy (non-hydrogen) atoms. The van der Waals surface area contributed by atoms with Crippen molar-refractivity contribution in [3.05, 3.63) is 66.0 Å². The number of hydrogen-bond acceptors (Lipinski definition) is 4. The van der Waals surface area contributed by atoms with E-state index < -0.39 is 0 Å². The van der Waals surface area contributed by atoms with Crippen molar-refractivity contribution < 1.29 is 13.9 Å². The Morgan fingerprint density at radius 3 is 2.86 bits per heavy atom. The lowest BCUT2D eigenvalue weighted by Gasteiger charge is -2.33. The molecule has 0 bridgehead atoms. The van der Waals surface area contributed by atoms with Gasteiger partial charge in [-0.05, 0) is 60.9 Å². The van der Waals surface area contributed by atoms with E-state index in [-0.39, 0.29) is 17.8 Å². The first-order chi connectivity index (χ1) is 14.1. The maximum Gasteiger partial charge on any atom is 0.251 e. The molecule has 1 amide bonds. The molecule has 1 atom stereocenters. The molecule has 2 heterocycles. The predicted octanol–water partition coefficient (Wildman–Crippen LogP) is 3.62. The van der Waals surface area contributed by atoms with Crippen molar-refractivity contribution in [3.63, 3.8) is 0 Å². The molecule has 150 valence electrons. The van der Waals surface area contributed by atoms with Crippen LogP contribution < -0.4 is 15.0 Å². The van der Waals surface area contributed by atoms with Crippen molar-refractivity contribution in [2.45, 2.75) is 18.9 Å². The summed E-state index contributed by atoms with van der Waals surface area (Å²) in [6.45, 7) is 1.56. The minimum atomic E-state index is -0.265. The Balaban J connectivity index is 1.42. The number of benzene rings is 2. The van der Waals surface area contributed by atoms with E-state index in [0.29, 0.717) is 17.9 Å². The van der Waals surface area contributed by atoms with Gasteiger partial charge in [0, 0.05) is 30.8 Å². The maximum atomic E-state index is 13.1. The molecule has 0 unspecified atom stereocenters. The maximum absolute atomic E-state index is 13.1. The molecule has 1 aliphatic rings. The summed E-state index contributed by atoms with van der Waals surface area (Å²) < 4.78 is 18.3. The molecule has 1 aliphatic heterocycles. The number of anilines is 1. The molecule has 3 aromatic rings. The highest BCUT2D eigenvalue weighted by atomic mass is 19.1. The molecular weight excluding hydrogens is 371 g/mol. The van der Waals surface area contributed by atoms with Crippen LogP contribution in [0.5, 0.6) is 5.75 Å². The van der Waals surface area contributed by atoms with E-state index in [2.05, 4.69) is 20.4 Å². The highest BCUT2D eigenvalue weighted by molar-refractivity contribution is 5.94. The van der Waals surface area contributed by atoms with E-state index >= 15 is 0 Å². The largest absolute Gasteiger partial charge is 0.497 e. The van der Waals surface area contributed by atoms with Crippen molar-refractivity contribution in [3.8, 4) is 17.0 Å². The molecule has 0 spiro atoms. The van der Waals surface area contributed by atoms with Crippen LogP contribution in [0.25, 0.3) is 11.3 Å². The van der Waals surface area contributed by atoms with E-state index in [0.717, 1.165) is 36.5 Å². The van der Waals surface area contributed by atoms with Gasteiger partial charge in [-0.2, -0.15) is 5.10 Å². The fraction of sp³-hybridized carbons (Fsp3) is 0.273. The zero-order valence-corrected chi connectivity index (χ0v) is 16.2. The van der Waals surface area contributed by atoms with Gasteiger partial charge >= 0.3 is 0 Å². The number of H-pyrrole nitrogens is 1. The van der Waals surface area contributed by atoms with Crippen LogP contribution in [0.3, 0.4) is 0 Å². The van der Waals surface area contributed by atoms with Crippen LogP contribution in [0.15, 0.2) is 54.6 Å². The first-order valence-corrected chi connectivity index (χ1v) is 9.63. The summed E-state index contributed by atoms with van der Waals surface area (Å²) in [4.78, 5) is 14.8. The van der Waals surface area contributed by atoms with Gasteiger partial charge in [-0.1, -0.05) is 6.07 Å². The van der Waals surface area contributed by atoms with Crippen LogP contribution in [0.1, 0.15) is 23.2 Å². The van der Waals surface area contributed by atoms with E-state index in [4.69, 9.17) is 4.74 Å². The number of carbonyl (C=O) groups excluding carboxylic acids is 1. The molecule has 6 nitrogen and oxygen atoms in total. The van der Waals surface area contributed by atoms with Crippen molar-refractivity contribution in [1.82, 2.24) is 15.5 Å². The Hall–Kier alpha value is -3.35. The average molecular weight is 394 g/mol. The third kappa shape index (κ3) is 4.39. The SMILES string of the molecule is COc1cccc(C(=O)N[C@H]2CCCN(c3cc(-c4ccc(F)cc4)[nH]n3)C2)c1. The molecule has 7 heteroatoms. The number of hydrogen-bond donors (Lipinski definition) is 2. The zero-order chi connectivity index (χ0) is 20.2. The van der Waals surface area contributed by atoms with Crippen molar-refractivity contribution in [2.24, 2.45) is 0 Å². The summed E-state index contributed by atoms with van der Waals surface area (Å²) in [5.41, 5.74) is 2.30. The molecule has 0 radical (unpaired) electrons. The lowest BCUT2D eigenvalue weighted by Crippen LogP contribution is -2.48. The predicted molar refractivity (Wildman–Crippen MR) is 110 cm³/mol. The molecule has 4 rings (SSSR count). The van der Waals surface area contributed by atoms with Crippen LogP contribution >= 0.6 is 0 Å². The van der Waals surface area contributed by atoms with E-state index in [1.807, 2.05) is 18.2 Å². The van der Waals surface area contributed by atoms with Gasteiger partial charge in [0.1, 0.15) is 11.6 Å². The van der Waals surface area contributed by atoms with E-state index in [1.165, 1.54) is 12.1 Å². The van der Waals surface area contributed by atoms with Crippen LogP contribution in [0.4, 0.5) is 10.2 Å². The Morgan fingerprint density at radius 1 is 1.24 bits per heavy atom. The number of amides is 1. The van der Waals surface area contributed by atoms with Crippen molar-refractivity contribution in [2.75, 3.05) is 25.1 Å². The number of ether oxygens (including phenoxy) is 1. The van der Waals surface area contributed by atoms with Gasteiger partial charge in [0.15, 0.2) is 5.82 Å². The summed E-state index contributed by atoms with van der Waals surface area (Å²) >= 11 is 0. The topological polar surface area (TPSA) is 70.2 Å². The lowest BCUT2D eigenvalue weighted by molar-refractivity contribution is 0.0932. The van der Waals surface area contributed by atoms with Crippen LogP contribution in [0, 0.1) is 5.82 Å². The number of aromatic nitrogens is 2. The summed E-state index contributed by atoms with van der Waals surface area (Å²) in [6, 6.07) is 15.4. The second-order valence-electron chi connectivity index (χ2n) is 7.14. The van der Waals surface area contributed by atoms with Gasteiger partial charge < -0.3 is 15.0 Å². The van der Waals surface area contributed by atoms with Gasteiger partial charge in [0.2, 0.25) is 0 Å². The Morgan fingerprint density at radius 2 is 2.07 bits per heavy atom. The minimum Gasteiger partial charge on any atom is -0.497 e. The minimum absolute atomic E-state index is 0.0356. The molecule has 1 fully saturated rings. The van der Waals surface area contributed by atoms with Crippen LogP contribution in [-0.2, 0) is 0 Å². The fourth-order valence-corrected chi connectivity index (χ4v) is 3.59. The second-order valence-corrected chi connectivity index (χ2v) is 7.14. The van der Waals surface area contributed by atoms with Gasteiger partial charge in [-0.25, -0.2) is 4.39 Å². The zero-order valence-electron chi connectivity index (χ0n) is 16.2. The highest BCUT2D eigenvalue weighted by Gasteiger charge is 2.23. The van der Waals surface area contributed by atoms with E-state index in [1.54, 1.807) is 31.4 Å². The third-order valence-corrected chi connectivity index (χ3v) is 5.13. The fourth-order valence-electron chi connectivity index (χ4n) is 3.59. The van der Waals surface area contributed by atoms with Gasteiger partial charge in [0.25, 0.3) is 5.91 Å². The standard InChI is InChI=1S/C22H23FN4O2/c1-29-19-6-2-4-16(12-19)22(28)24-18-5-3-11-27(14-18)21-13-20(25-26-21)15-7-9-17(23)10-8-15/h2,4,6-10,12-13,18H,3,5,11,14H2,1H3,(H,24,28)(H,25,26)/t18-/m0/s1. The highest BCUT2D eigenvalue weighted by Crippen LogP contribution is 2.24. The number of carbonyl (C=O) groups is 1. The number of halogens is 1. The molecule has 1 aromatic heterocycles. The molecule has 0 saturated carbocycles. The van der Waals surface area contributed by atoms with E-state index in [9.17, 15) is 9.18 Å². The molecule has 1 saturated heterocycles. The average Bonchev–Trinajstić information content (AvgIpc) is 3.25. The summed E-state index contributed by atoms with van der Waals surface area (Å²) in [6.07, 6.45) is 1.88. The summed E-state index contributed by atoms with van der Waals surface area (Å²) in [5.74, 6) is 1.11. The van der Waals surface area contributed by atoms with Crippen LogP contribution in [0.2, 0.25) is 0 Å². The number of aromatic amines is 1.